The molecule has 6 heteroatoms. The van der Waals surface area contributed by atoms with E-state index in [4.69, 9.17) is 5.73 Å². The molecule has 0 saturated heterocycles. The van der Waals surface area contributed by atoms with E-state index in [1.54, 1.807) is 19.2 Å². The Bertz CT molecular complexity index is 393. The normalized spacial score (nSPS) is 9.17. The Hall–Kier alpha value is -1.75. The number of rotatable bonds is 5. The fourth-order valence-corrected chi connectivity index (χ4v) is 1.32. The molecule has 4 N–H and O–H groups in total. The van der Waals surface area contributed by atoms with Crippen LogP contribution in [-0.4, -0.2) is 25.4 Å². The van der Waals surface area contributed by atoms with E-state index in [0.29, 0.717) is 25.1 Å². The molecule has 0 aliphatic carbocycles. The first-order valence-electron chi connectivity index (χ1n) is 5.43. The maximum absolute atomic E-state index is 11.5. The number of benzene rings is 1. The number of hydrogen-bond acceptors (Lipinski definition) is 3. The number of amides is 2. The number of nitrogens with one attached hydrogen (secondary N) is 2. The molecule has 0 aromatic heterocycles. The molecule has 0 heterocycles. The quantitative estimate of drug-likeness (QED) is 0.681. The molecule has 0 aliphatic rings. The summed E-state index contributed by atoms with van der Waals surface area (Å²) in [5, 5.41) is 5.17. The summed E-state index contributed by atoms with van der Waals surface area (Å²) in [6, 6.07) is 7.14. The monoisotopic (exact) mass is 271 g/mol. The maximum Gasteiger partial charge on any atom is 0.224 e. The number of nitrogen functional groups attached to an aromatic ring is 1. The van der Waals surface area contributed by atoms with E-state index >= 15 is 0 Å². The fraction of sp³-hybridized carbons (Fsp3) is 0.333. The molecule has 1 aromatic carbocycles. The summed E-state index contributed by atoms with van der Waals surface area (Å²) in [5.74, 6) is -0.184. The van der Waals surface area contributed by atoms with Crippen molar-refractivity contribution in [2.24, 2.45) is 0 Å². The first kappa shape index (κ1) is 16.2. The molecule has 0 aliphatic heterocycles. The van der Waals surface area contributed by atoms with Crippen molar-refractivity contribution >= 4 is 29.9 Å². The van der Waals surface area contributed by atoms with Crippen LogP contribution < -0.4 is 16.4 Å². The smallest absolute Gasteiger partial charge is 0.224 e. The van der Waals surface area contributed by atoms with Gasteiger partial charge in [0, 0.05) is 25.7 Å². The van der Waals surface area contributed by atoms with Crippen LogP contribution >= 0.6 is 12.4 Å². The minimum Gasteiger partial charge on any atom is -0.399 e. The summed E-state index contributed by atoms with van der Waals surface area (Å²) in [4.78, 5) is 22.4. The van der Waals surface area contributed by atoms with Crippen molar-refractivity contribution < 1.29 is 9.59 Å². The van der Waals surface area contributed by atoms with Crippen molar-refractivity contribution in [1.82, 2.24) is 10.6 Å². The summed E-state index contributed by atoms with van der Waals surface area (Å²) in [6.07, 6.45) is 0.595. The van der Waals surface area contributed by atoms with E-state index in [2.05, 4.69) is 10.6 Å². The highest BCUT2D eigenvalue weighted by molar-refractivity contribution is 5.85. The molecule has 1 rings (SSSR count). The molecule has 0 radical (unpaired) electrons. The van der Waals surface area contributed by atoms with Gasteiger partial charge < -0.3 is 16.4 Å². The fourth-order valence-electron chi connectivity index (χ4n) is 1.32. The van der Waals surface area contributed by atoms with Crippen LogP contribution in [0.15, 0.2) is 24.3 Å². The topological polar surface area (TPSA) is 84.2 Å². The second-order valence-corrected chi connectivity index (χ2v) is 3.69. The molecular weight excluding hydrogens is 254 g/mol. The predicted octanol–water partition coefficient (Wildman–Crippen LogP) is 0.485. The molecule has 0 saturated carbocycles. The zero-order valence-corrected chi connectivity index (χ0v) is 11.0. The van der Waals surface area contributed by atoms with Crippen LogP contribution in [0.2, 0.25) is 0 Å². The molecule has 100 valence electrons. The minimum absolute atomic E-state index is 0. The van der Waals surface area contributed by atoms with Crippen molar-refractivity contribution in [3.8, 4) is 0 Å². The summed E-state index contributed by atoms with van der Waals surface area (Å²) < 4.78 is 0. The number of carbonyl (C=O) groups excluding carboxylic acids is 2. The zero-order chi connectivity index (χ0) is 12.7. The van der Waals surface area contributed by atoms with E-state index in [9.17, 15) is 9.59 Å². The van der Waals surface area contributed by atoms with E-state index in [1.807, 2.05) is 12.1 Å². The number of halogens is 1. The van der Waals surface area contributed by atoms with Gasteiger partial charge in [0.15, 0.2) is 0 Å². The second-order valence-electron chi connectivity index (χ2n) is 3.69. The van der Waals surface area contributed by atoms with Gasteiger partial charge in [-0.25, -0.2) is 0 Å². The molecule has 0 bridgehead atoms. The van der Waals surface area contributed by atoms with Crippen molar-refractivity contribution in [3.05, 3.63) is 29.8 Å². The van der Waals surface area contributed by atoms with Crippen molar-refractivity contribution in [3.63, 3.8) is 0 Å². The molecular formula is C12H18ClN3O2. The Balaban J connectivity index is 0.00000289. The zero-order valence-electron chi connectivity index (χ0n) is 10.2. The minimum atomic E-state index is -0.0984. The van der Waals surface area contributed by atoms with Crippen LogP contribution in [0.5, 0.6) is 0 Å². The molecule has 5 nitrogen and oxygen atoms in total. The van der Waals surface area contributed by atoms with E-state index in [0.717, 1.165) is 5.56 Å². The standard InChI is InChI=1S/C12H17N3O2.ClH/c1-14-11(16)6-7-15-12(17)8-9-2-4-10(13)5-3-9;/h2-5H,6-8,13H2,1H3,(H,14,16)(H,15,17);1H. The van der Waals surface area contributed by atoms with Crippen molar-refractivity contribution in [1.29, 1.82) is 0 Å². The molecule has 2 amide bonds. The second kappa shape index (κ2) is 8.36. The van der Waals surface area contributed by atoms with Gasteiger partial charge in [-0.2, -0.15) is 0 Å². The van der Waals surface area contributed by atoms with Crippen LogP contribution in [0, 0.1) is 0 Å². The number of hydrogen-bond donors (Lipinski definition) is 3. The van der Waals surface area contributed by atoms with Crippen LogP contribution in [0.4, 0.5) is 5.69 Å². The molecule has 0 spiro atoms. The lowest BCUT2D eigenvalue weighted by atomic mass is 10.1. The van der Waals surface area contributed by atoms with Gasteiger partial charge in [0.1, 0.15) is 0 Å². The highest BCUT2D eigenvalue weighted by atomic mass is 35.5. The Labute approximate surface area is 113 Å². The average molecular weight is 272 g/mol. The Morgan fingerprint density at radius 3 is 2.33 bits per heavy atom. The van der Waals surface area contributed by atoms with Crippen molar-refractivity contribution in [2.75, 3.05) is 19.3 Å². The SMILES string of the molecule is CNC(=O)CCNC(=O)Cc1ccc(N)cc1.Cl. The van der Waals surface area contributed by atoms with E-state index in [-0.39, 0.29) is 24.2 Å². The van der Waals surface area contributed by atoms with Gasteiger partial charge in [0.05, 0.1) is 6.42 Å². The Morgan fingerprint density at radius 2 is 1.78 bits per heavy atom. The first-order valence-corrected chi connectivity index (χ1v) is 5.43. The lowest BCUT2D eigenvalue weighted by Crippen LogP contribution is -2.30. The molecule has 0 fully saturated rings. The number of carbonyl (C=O) groups is 2. The summed E-state index contributed by atoms with van der Waals surface area (Å²) in [5.41, 5.74) is 7.12. The molecule has 18 heavy (non-hydrogen) atoms. The third kappa shape index (κ3) is 6.10. The van der Waals surface area contributed by atoms with Gasteiger partial charge in [-0.1, -0.05) is 12.1 Å². The molecule has 1 aromatic rings. The van der Waals surface area contributed by atoms with Crippen LogP contribution in [0.1, 0.15) is 12.0 Å². The molecule has 0 unspecified atom stereocenters. The average Bonchev–Trinajstić information content (AvgIpc) is 2.32. The largest absolute Gasteiger partial charge is 0.399 e. The number of nitrogens with two attached hydrogens (primary N) is 1. The Morgan fingerprint density at radius 1 is 1.17 bits per heavy atom. The maximum atomic E-state index is 11.5. The highest BCUT2D eigenvalue weighted by Gasteiger charge is 2.04. The van der Waals surface area contributed by atoms with Gasteiger partial charge >= 0.3 is 0 Å². The van der Waals surface area contributed by atoms with Crippen molar-refractivity contribution in [2.45, 2.75) is 12.8 Å². The summed E-state index contributed by atoms with van der Waals surface area (Å²) in [6.45, 7) is 0.355. The van der Waals surface area contributed by atoms with E-state index < -0.39 is 0 Å². The summed E-state index contributed by atoms with van der Waals surface area (Å²) in [7, 11) is 1.57. The first-order chi connectivity index (χ1) is 8.11. The van der Waals surface area contributed by atoms with E-state index in [1.165, 1.54) is 0 Å². The van der Waals surface area contributed by atoms with Crippen LogP contribution in [-0.2, 0) is 16.0 Å². The third-order valence-corrected chi connectivity index (χ3v) is 2.30. The highest BCUT2D eigenvalue weighted by Crippen LogP contribution is 2.05. The lowest BCUT2D eigenvalue weighted by Gasteiger charge is -2.05. The van der Waals surface area contributed by atoms with Gasteiger partial charge in [0.25, 0.3) is 0 Å². The van der Waals surface area contributed by atoms with Crippen LogP contribution in [0.25, 0.3) is 0 Å². The van der Waals surface area contributed by atoms with Gasteiger partial charge in [-0.15, -0.1) is 12.4 Å². The van der Waals surface area contributed by atoms with Gasteiger partial charge in [0.2, 0.25) is 11.8 Å². The molecule has 0 atom stereocenters. The lowest BCUT2D eigenvalue weighted by molar-refractivity contribution is -0.121. The number of anilines is 1. The van der Waals surface area contributed by atoms with Crippen LogP contribution in [0.3, 0.4) is 0 Å². The van der Waals surface area contributed by atoms with Gasteiger partial charge in [-0.3, -0.25) is 9.59 Å². The van der Waals surface area contributed by atoms with Gasteiger partial charge in [-0.05, 0) is 17.7 Å². The predicted molar refractivity (Wildman–Crippen MR) is 73.5 cm³/mol. The Kier molecular flexibility index (Phi) is 7.54. The third-order valence-electron chi connectivity index (χ3n) is 2.30. The summed E-state index contributed by atoms with van der Waals surface area (Å²) >= 11 is 0.